The van der Waals surface area contributed by atoms with E-state index in [9.17, 15) is 5.11 Å². The number of aryl methyl sites for hydroxylation is 2. The number of hydrogen-bond donors (Lipinski definition) is 1. The van der Waals surface area contributed by atoms with Gasteiger partial charge in [-0.3, -0.25) is 0 Å². The Hall–Kier alpha value is -0.860. The summed E-state index contributed by atoms with van der Waals surface area (Å²) in [6, 6.07) is 7.10. The standard InChI is InChI=1S/C17H27NO/c1-13-10-14(2)12-15(11-13)17(19)8-9-18(3)16-6-4-5-7-16/h10-12,16-17,19H,4-9H2,1-3H3. The molecule has 0 saturated heterocycles. The number of aliphatic hydroxyl groups excluding tert-OH is 1. The summed E-state index contributed by atoms with van der Waals surface area (Å²) in [5.74, 6) is 0. The van der Waals surface area contributed by atoms with Crippen molar-refractivity contribution in [1.29, 1.82) is 0 Å². The SMILES string of the molecule is Cc1cc(C)cc(C(O)CCN(C)C2CCCC2)c1. The Labute approximate surface area is 117 Å². The van der Waals surface area contributed by atoms with Crippen LogP contribution in [0.5, 0.6) is 0 Å². The lowest BCUT2D eigenvalue weighted by atomic mass is 10.0. The molecule has 0 bridgehead atoms. The molecular weight excluding hydrogens is 234 g/mol. The van der Waals surface area contributed by atoms with Gasteiger partial charge in [-0.05, 0) is 45.7 Å². The molecule has 0 amide bonds. The van der Waals surface area contributed by atoms with Gasteiger partial charge < -0.3 is 10.0 Å². The summed E-state index contributed by atoms with van der Waals surface area (Å²) in [6.07, 6.45) is 5.90. The molecule has 2 nitrogen and oxygen atoms in total. The molecule has 1 atom stereocenters. The summed E-state index contributed by atoms with van der Waals surface area (Å²) in [7, 11) is 2.20. The first kappa shape index (κ1) is 14.5. The highest BCUT2D eigenvalue weighted by molar-refractivity contribution is 5.29. The van der Waals surface area contributed by atoms with E-state index in [4.69, 9.17) is 0 Å². The monoisotopic (exact) mass is 261 g/mol. The van der Waals surface area contributed by atoms with E-state index >= 15 is 0 Å². The summed E-state index contributed by atoms with van der Waals surface area (Å²) < 4.78 is 0. The smallest absolute Gasteiger partial charge is 0.0802 e. The first-order valence-corrected chi connectivity index (χ1v) is 7.53. The summed E-state index contributed by atoms with van der Waals surface area (Å²) in [5, 5.41) is 10.3. The molecule has 1 N–H and O–H groups in total. The van der Waals surface area contributed by atoms with Gasteiger partial charge in [0.1, 0.15) is 0 Å². The van der Waals surface area contributed by atoms with Crippen LogP contribution in [0.25, 0.3) is 0 Å². The number of nitrogens with zero attached hydrogens (tertiary/aromatic N) is 1. The van der Waals surface area contributed by atoms with Gasteiger partial charge in [0.05, 0.1) is 6.10 Å². The van der Waals surface area contributed by atoms with E-state index in [-0.39, 0.29) is 6.10 Å². The molecule has 0 radical (unpaired) electrons. The van der Waals surface area contributed by atoms with Gasteiger partial charge >= 0.3 is 0 Å². The van der Waals surface area contributed by atoms with Crippen LogP contribution < -0.4 is 0 Å². The molecule has 1 aromatic rings. The predicted molar refractivity (Wildman–Crippen MR) is 80.4 cm³/mol. The highest BCUT2D eigenvalue weighted by atomic mass is 16.3. The van der Waals surface area contributed by atoms with Crippen molar-refractivity contribution in [2.75, 3.05) is 13.6 Å². The summed E-state index contributed by atoms with van der Waals surface area (Å²) in [6.45, 7) is 5.17. The topological polar surface area (TPSA) is 23.5 Å². The van der Waals surface area contributed by atoms with Crippen molar-refractivity contribution >= 4 is 0 Å². The summed E-state index contributed by atoms with van der Waals surface area (Å²) in [4.78, 5) is 2.43. The minimum absolute atomic E-state index is 0.331. The first-order valence-electron chi connectivity index (χ1n) is 7.53. The molecule has 19 heavy (non-hydrogen) atoms. The Morgan fingerprint density at radius 2 is 1.74 bits per heavy atom. The lowest BCUT2D eigenvalue weighted by Crippen LogP contribution is -2.30. The van der Waals surface area contributed by atoms with Crippen molar-refractivity contribution in [3.05, 3.63) is 34.9 Å². The normalized spacial score (nSPS) is 18.2. The molecular formula is C17H27NO. The average molecular weight is 261 g/mol. The van der Waals surface area contributed by atoms with Gasteiger partial charge in [0, 0.05) is 12.6 Å². The van der Waals surface area contributed by atoms with E-state index < -0.39 is 0 Å². The Morgan fingerprint density at radius 1 is 1.16 bits per heavy atom. The minimum Gasteiger partial charge on any atom is -0.388 e. The highest BCUT2D eigenvalue weighted by Gasteiger charge is 2.20. The molecule has 2 heteroatoms. The number of rotatable bonds is 5. The Kier molecular flexibility index (Phi) is 5.00. The average Bonchev–Trinajstić information content (AvgIpc) is 2.88. The fourth-order valence-corrected chi connectivity index (χ4v) is 3.22. The maximum Gasteiger partial charge on any atom is 0.0802 e. The van der Waals surface area contributed by atoms with Crippen LogP contribution in [0, 0.1) is 13.8 Å². The van der Waals surface area contributed by atoms with Gasteiger partial charge in [0.15, 0.2) is 0 Å². The zero-order valence-corrected chi connectivity index (χ0v) is 12.5. The summed E-state index contributed by atoms with van der Waals surface area (Å²) >= 11 is 0. The van der Waals surface area contributed by atoms with Crippen LogP contribution in [0.2, 0.25) is 0 Å². The molecule has 1 unspecified atom stereocenters. The zero-order valence-electron chi connectivity index (χ0n) is 12.5. The molecule has 1 aromatic carbocycles. The fraction of sp³-hybridized carbons (Fsp3) is 0.647. The van der Waals surface area contributed by atoms with Crippen molar-refractivity contribution in [2.24, 2.45) is 0 Å². The lowest BCUT2D eigenvalue weighted by molar-refractivity contribution is 0.137. The second-order valence-corrected chi connectivity index (χ2v) is 6.14. The van der Waals surface area contributed by atoms with Gasteiger partial charge in [0.25, 0.3) is 0 Å². The Bertz CT molecular complexity index is 389. The first-order chi connectivity index (χ1) is 9.06. The van der Waals surface area contributed by atoms with E-state index in [0.29, 0.717) is 0 Å². The maximum absolute atomic E-state index is 10.3. The van der Waals surface area contributed by atoms with Crippen LogP contribution in [0.4, 0.5) is 0 Å². The van der Waals surface area contributed by atoms with Crippen LogP contribution in [-0.2, 0) is 0 Å². The predicted octanol–water partition coefficient (Wildman–Crippen LogP) is 3.60. The number of hydrogen-bond acceptors (Lipinski definition) is 2. The number of aliphatic hydroxyl groups is 1. The zero-order chi connectivity index (χ0) is 13.8. The van der Waals surface area contributed by atoms with Crippen LogP contribution in [0.3, 0.4) is 0 Å². The highest BCUT2D eigenvalue weighted by Crippen LogP contribution is 2.24. The van der Waals surface area contributed by atoms with E-state index in [2.05, 4.69) is 44.0 Å². The third-order valence-corrected chi connectivity index (χ3v) is 4.33. The Balaban J connectivity index is 1.87. The van der Waals surface area contributed by atoms with Crippen LogP contribution in [0.1, 0.15) is 54.9 Å². The second-order valence-electron chi connectivity index (χ2n) is 6.14. The molecule has 2 rings (SSSR count). The van der Waals surface area contributed by atoms with Crippen LogP contribution in [-0.4, -0.2) is 29.6 Å². The molecule has 106 valence electrons. The molecule has 0 aromatic heterocycles. The molecule has 0 spiro atoms. The molecule has 1 fully saturated rings. The second kappa shape index (κ2) is 6.53. The maximum atomic E-state index is 10.3. The van der Waals surface area contributed by atoms with Gasteiger partial charge in [0.2, 0.25) is 0 Å². The third kappa shape index (κ3) is 4.05. The molecule has 0 heterocycles. The molecule has 1 aliphatic rings. The van der Waals surface area contributed by atoms with Gasteiger partial charge in [-0.1, -0.05) is 42.2 Å². The molecule has 1 aliphatic carbocycles. The third-order valence-electron chi connectivity index (χ3n) is 4.33. The van der Waals surface area contributed by atoms with E-state index in [1.165, 1.54) is 36.8 Å². The van der Waals surface area contributed by atoms with Crippen molar-refractivity contribution in [1.82, 2.24) is 4.90 Å². The fourth-order valence-electron chi connectivity index (χ4n) is 3.22. The lowest BCUT2D eigenvalue weighted by Gasteiger charge is -2.25. The van der Waals surface area contributed by atoms with Gasteiger partial charge in [-0.2, -0.15) is 0 Å². The quantitative estimate of drug-likeness (QED) is 0.875. The van der Waals surface area contributed by atoms with Crippen molar-refractivity contribution in [3.8, 4) is 0 Å². The summed E-state index contributed by atoms with van der Waals surface area (Å²) in [5.41, 5.74) is 3.54. The molecule has 1 saturated carbocycles. The van der Waals surface area contributed by atoms with Gasteiger partial charge in [-0.15, -0.1) is 0 Å². The largest absolute Gasteiger partial charge is 0.388 e. The van der Waals surface area contributed by atoms with Crippen molar-refractivity contribution in [3.63, 3.8) is 0 Å². The minimum atomic E-state index is -0.331. The Morgan fingerprint density at radius 3 is 2.32 bits per heavy atom. The van der Waals surface area contributed by atoms with Gasteiger partial charge in [-0.25, -0.2) is 0 Å². The van der Waals surface area contributed by atoms with Crippen LogP contribution in [0.15, 0.2) is 18.2 Å². The van der Waals surface area contributed by atoms with E-state index in [0.717, 1.165) is 24.6 Å². The number of benzene rings is 1. The van der Waals surface area contributed by atoms with Crippen LogP contribution >= 0.6 is 0 Å². The van der Waals surface area contributed by atoms with Crippen molar-refractivity contribution in [2.45, 2.75) is 58.1 Å². The van der Waals surface area contributed by atoms with E-state index in [1.54, 1.807) is 0 Å². The van der Waals surface area contributed by atoms with E-state index in [1.807, 2.05) is 0 Å². The molecule has 0 aliphatic heterocycles. The van der Waals surface area contributed by atoms with Crippen molar-refractivity contribution < 1.29 is 5.11 Å².